The van der Waals surface area contributed by atoms with Gasteiger partial charge in [0.25, 0.3) is 0 Å². The van der Waals surface area contributed by atoms with Gasteiger partial charge in [-0.25, -0.2) is 0 Å². The lowest BCUT2D eigenvalue weighted by atomic mass is 9.99. The van der Waals surface area contributed by atoms with E-state index in [-0.39, 0.29) is 0 Å². The SMILES string of the molecule is COCCOCC(O)COCC1CCNCC1. The molecule has 102 valence electrons. The van der Waals surface area contributed by atoms with E-state index < -0.39 is 6.10 Å². The van der Waals surface area contributed by atoms with E-state index >= 15 is 0 Å². The smallest absolute Gasteiger partial charge is 0.101 e. The molecule has 1 aliphatic heterocycles. The van der Waals surface area contributed by atoms with Gasteiger partial charge in [-0.1, -0.05) is 0 Å². The highest BCUT2D eigenvalue weighted by molar-refractivity contribution is 4.68. The minimum atomic E-state index is -0.534. The monoisotopic (exact) mass is 247 g/mol. The number of hydrogen-bond donors (Lipinski definition) is 2. The standard InChI is InChI=1S/C12H25NO4/c1-15-6-7-16-9-12(14)10-17-8-11-2-4-13-5-3-11/h11-14H,2-10H2,1H3. The third-order valence-corrected chi connectivity index (χ3v) is 2.86. The maximum atomic E-state index is 9.57. The number of rotatable bonds is 9. The van der Waals surface area contributed by atoms with Gasteiger partial charge in [0.2, 0.25) is 0 Å². The van der Waals surface area contributed by atoms with Crippen LogP contribution in [0.5, 0.6) is 0 Å². The van der Waals surface area contributed by atoms with E-state index in [1.807, 2.05) is 0 Å². The molecule has 1 unspecified atom stereocenters. The summed E-state index contributed by atoms with van der Waals surface area (Å²) in [6.45, 7) is 4.65. The Bertz CT molecular complexity index is 174. The van der Waals surface area contributed by atoms with E-state index in [1.54, 1.807) is 7.11 Å². The Hall–Kier alpha value is -0.200. The molecular formula is C12H25NO4. The number of ether oxygens (including phenoxy) is 3. The van der Waals surface area contributed by atoms with Crippen molar-refractivity contribution in [3.05, 3.63) is 0 Å². The van der Waals surface area contributed by atoms with Gasteiger partial charge in [0, 0.05) is 13.7 Å². The molecule has 1 aliphatic rings. The zero-order valence-electron chi connectivity index (χ0n) is 10.7. The Morgan fingerprint density at radius 2 is 1.88 bits per heavy atom. The summed E-state index contributed by atoms with van der Waals surface area (Å²) in [6, 6.07) is 0. The van der Waals surface area contributed by atoms with Crippen molar-refractivity contribution in [2.45, 2.75) is 18.9 Å². The second-order valence-electron chi connectivity index (χ2n) is 4.45. The molecule has 1 rings (SSSR count). The van der Waals surface area contributed by atoms with Gasteiger partial charge in [0.15, 0.2) is 0 Å². The van der Waals surface area contributed by atoms with Crippen LogP contribution < -0.4 is 5.32 Å². The first-order chi connectivity index (χ1) is 8.33. The minimum absolute atomic E-state index is 0.315. The quantitative estimate of drug-likeness (QED) is 0.563. The zero-order chi connectivity index (χ0) is 12.3. The molecule has 2 N–H and O–H groups in total. The third-order valence-electron chi connectivity index (χ3n) is 2.86. The lowest BCUT2D eigenvalue weighted by Crippen LogP contribution is -2.31. The van der Waals surface area contributed by atoms with Crippen LogP contribution >= 0.6 is 0 Å². The molecule has 5 heteroatoms. The van der Waals surface area contributed by atoms with Crippen LogP contribution in [0.2, 0.25) is 0 Å². The molecule has 0 aromatic heterocycles. The second-order valence-corrected chi connectivity index (χ2v) is 4.45. The Labute approximate surface area is 103 Å². The summed E-state index contributed by atoms with van der Waals surface area (Å²) in [5, 5.41) is 12.9. The number of hydrogen-bond acceptors (Lipinski definition) is 5. The van der Waals surface area contributed by atoms with E-state index in [4.69, 9.17) is 14.2 Å². The van der Waals surface area contributed by atoms with Crippen molar-refractivity contribution in [2.75, 3.05) is 53.2 Å². The van der Waals surface area contributed by atoms with Crippen molar-refractivity contribution in [2.24, 2.45) is 5.92 Å². The summed E-state index contributed by atoms with van der Waals surface area (Å²) < 4.78 is 15.6. The summed E-state index contributed by atoms with van der Waals surface area (Å²) in [4.78, 5) is 0. The summed E-state index contributed by atoms with van der Waals surface area (Å²) in [6.07, 6.45) is 1.80. The fourth-order valence-electron chi connectivity index (χ4n) is 1.83. The topological polar surface area (TPSA) is 60.0 Å². The Balaban J connectivity index is 1.90. The first-order valence-electron chi connectivity index (χ1n) is 6.36. The molecule has 0 aromatic rings. The molecule has 5 nitrogen and oxygen atoms in total. The van der Waals surface area contributed by atoms with Gasteiger partial charge in [0.05, 0.1) is 26.4 Å². The predicted octanol–water partition coefficient (Wildman–Crippen LogP) is 0.0265. The van der Waals surface area contributed by atoms with Crippen molar-refractivity contribution in [1.29, 1.82) is 0 Å². The minimum Gasteiger partial charge on any atom is -0.388 e. The van der Waals surface area contributed by atoms with E-state index in [2.05, 4.69) is 5.32 Å². The van der Waals surface area contributed by atoms with Crippen LogP contribution in [0.15, 0.2) is 0 Å². The number of aliphatic hydroxyl groups is 1. The fraction of sp³-hybridized carbons (Fsp3) is 1.00. The molecule has 0 radical (unpaired) electrons. The van der Waals surface area contributed by atoms with Gasteiger partial charge in [-0.15, -0.1) is 0 Å². The average molecular weight is 247 g/mol. The first-order valence-corrected chi connectivity index (χ1v) is 6.36. The van der Waals surface area contributed by atoms with E-state index in [9.17, 15) is 5.11 Å². The number of methoxy groups -OCH3 is 1. The van der Waals surface area contributed by atoms with Crippen molar-refractivity contribution in [3.8, 4) is 0 Å². The highest BCUT2D eigenvalue weighted by Gasteiger charge is 2.13. The largest absolute Gasteiger partial charge is 0.388 e. The highest BCUT2D eigenvalue weighted by Crippen LogP contribution is 2.11. The molecule has 0 spiro atoms. The molecule has 1 fully saturated rings. The number of aliphatic hydroxyl groups excluding tert-OH is 1. The zero-order valence-corrected chi connectivity index (χ0v) is 10.7. The van der Waals surface area contributed by atoms with Crippen LogP contribution in [0.3, 0.4) is 0 Å². The molecule has 1 heterocycles. The van der Waals surface area contributed by atoms with Crippen LogP contribution in [-0.4, -0.2) is 64.4 Å². The Kier molecular flexibility index (Phi) is 8.56. The maximum absolute atomic E-state index is 9.57. The van der Waals surface area contributed by atoms with Crippen LogP contribution in [0.4, 0.5) is 0 Å². The van der Waals surface area contributed by atoms with E-state index in [0.717, 1.165) is 19.7 Å². The number of nitrogens with one attached hydrogen (secondary N) is 1. The Morgan fingerprint density at radius 3 is 2.59 bits per heavy atom. The summed E-state index contributed by atoms with van der Waals surface area (Å²) in [5.74, 6) is 0.637. The highest BCUT2D eigenvalue weighted by atomic mass is 16.5. The summed E-state index contributed by atoms with van der Waals surface area (Å²) >= 11 is 0. The molecule has 0 aromatic carbocycles. The van der Waals surface area contributed by atoms with Crippen LogP contribution in [0, 0.1) is 5.92 Å². The van der Waals surface area contributed by atoms with Crippen LogP contribution in [-0.2, 0) is 14.2 Å². The number of piperidine rings is 1. The van der Waals surface area contributed by atoms with Gasteiger partial charge in [-0.2, -0.15) is 0 Å². The molecule has 0 amide bonds. The molecule has 0 bridgehead atoms. The lowest BCUT2D eigenvalue weighted by molar-refractivity contribution is -0.0357. The first kappa shape index (κ1) is 14.9. The Morgan fingerprint density at radius 1 is 1.18 bits per heavy atom. The summed E-state index contributed by atoms with van der Waals surface area (Å²) in [7, 11) is 1.63. The summed E-state index contributed by atoms with van der Waals surface area (Å²) in [5.41, 5.74) is 0. The fourth-order valence-corrected chi connectivity index (χ4v) is 1.83. The van der Waals surface area contributed by atoms with Crippen LogP contribution in [0.1, 0.15) is 12.8 Å². The van der Waals surface area contributed by atoms with Gasteiger partial charge in [-0.3, -0.25) is 0 Å². The molecule has 1 saturated heterocycles. The van der Waals surface area contributed by atoms with Gasteiger partial charge in [0.1, 0.15) is 6.10 Å². The second kappa shape index (κ2) is 9.79. The van der Waals surface area contributed by atoms with Crippen molar-refractivity contribution in [1.82, 2.24) is 5.32 Å². The molecule has 0 saturated carbocycles. The maximum Gasteiger partial charge on any atom is 0.101 e. The molecular weight excluding hydrogens is 222 g/mol. The normalized spacial score (nSPS) is 19.4. The van der Waals surface area contributed by atoms with E-state index in [0.29, 0.717) is 32.3 Å². The van der Waals surface area contributed by atoms with Crippen molar-refractivity contribution >= 4 is 0 Å². The van der Waals surface area contributed by atoms with Gasteiger partial charge >= 0.3 is 0 Å². The average Bonchev–Trinajstić information content (AvgIpc) is 2.36. The van der Waals surface area contributed by atoms with E-state index in [1.165, 1.54) is 12.8 Å². The van der Waals surface area contributed by atoms with Crippen molar-refractivity contribution in [3.63, 3.8) is 0 Å². The molecule has 0 aliphatic carbocycles. The van der Waals surface area contributed by atoms with Gasteiger partial charge < -0.3 is 24.6 Å². The molecule has 1 atom stereocenters. The molecule has 17 heavy (non-hydrogen) atoms. The van der Waals surface area contributed by atoms with Crippen LogP contribution in [0.25, 0.3) is 0 Å². The predicted molar refractivity (Wildman–Crippen MR) is 65.1 cm³/mol. The van der Waals surface area contributed by atoms with Crippen molar-refractivity contribution < 1.29 is 19.3 Å². The third kappa shape index (κ3) is 7.68. The lowest BCUT2D eigenvalue weighted by Gasteiger charge is -2.22. The van der Waals surface area contributed by atoms with Gasteiger partial charge in [-0.05, 0) is 31.8 Å².